The molecule has 0 aliphatic rings. The second-order valence-corrected chi connectivity index (χ2v) is 6.30. The van der Waals surface area contributed by atoms with Gasteiger partial charge in [-0.3, -0.25) is 14.9 Å². The Bertz CT molecular complexity index is 868. The van der Waals surface area contributed by atoms with Crippen molar-refractivity contribution in [1.29, 1.82) is 0 Å². The molecular formula is C21H25N3O6. The van der Waals surface area contributed by atoms with Crippen LogP contribution in [0, 0.1) is 10.1 Å². The first-order valence-corrected chi connectivity index (χ1v) is 9.53. The van der Waals surface area contributed by atoms with Crippen molar-refractivity contribution in [2.75, 3.05) is 20.3 Å². The largest absolute Gasteiger partial charge is 0.493 e. The predicted octanol–water partition coefficient (Wildman–Crippen LogP) is 3.70. The molecule has 0 aliphatic carbocycles. The number of benzene rings is 2. The average Bonchev–Trinajstić information content (AvgIpc) is 2.76. The molecule has 9 heteroatoms. The molecule has 0 fully saturated rings. The van der Waals surface area contributed by atoms with E-state index in [4.69, 9.17) is 14.2 Å². The third kappa shape index (κ3) is 7.42. The van der Waals surface area contributed by atoms with Crippen molar-refractivity contribution in [1.82, 2.24) is 5.43 Å². The van der Waals surface area contributed by atoms with Crippen molar-refractivity contribution in [3.63, 3.8) is 0 Å². The molecule has 2 aromatic carbocycles. The zero-order chi connectivity index (χ0) is 21.8. The molecule has 1 amide bonds. The van der Waals surface area contributed by atoms with E-state index in [0.717, 1.165) is 24.8 Å². The molecule has 0 saturated heterocycles. The third-order valence-electron chi connectivity index (χ3n) is 4.01. The molecule has 2 rings (SSSR count). The number of nitro groups is 1. The number of carbonyl (C=O) groups is 1. The monoisotopic (exact) mass is 415 g/mol. The van der Waals surface area contributed by atoms with Crippen molar-refractivity contribution in [2.24, 2.45) is 5.10 Å². The number of unbranched alkanes of at least 4 members (excludes halogenated alkanes) is 2. The van der Waals surface area contributed by atoms with E-state index >= 15 is 0 Å². The number of hydrogen-bond acceptors (Lipinski definition) is 7. The molecule has 0 unspecified atom stereocenters. The van der Waals surface area contributed by atoms with Crippen LogP contribution in [0.3, 0.4) is 0 Å². The third-order valence-corrected chi connectivity index (χ3v) is 4.01. The van der Waals surface area contributed by atoms with Crippen LogP contribution in [0.2, 0.25) is 0 Å². The fourth-order valence-electron chi connectivity index (χ4n) is 2.44. The highest BCUT2D eigenvalue weighted by Crippen LogP contribution is 2.27. The number of hydrazone groups is 1. The summed E-state index contributed by atoms with van der Waals surface area (Å²) < 4.78 is 16.3. The quantitative estimate of drug-likeness (QED) is 0.245. The van der Waals surface area contributed by atoms with Crippen LogP contribution < -0.4 is 19.6 Å². The number of ether oxygens (including phenoxy) is 3. The topological polar surface area (TPSA) is 112 Å². The van der Waals surface area contributed by atoms with Crippen molar-refractivity contribution >= 4 is 17.8 Å². The molecule has 0 bridgehead atoms. The maximum Gasteiger partial charge on any atom is 0.277 e. The van der Waals surface area contributed by atoms with Gasteiger partial charge in [-0.15, -0.1) is 0 Å². The lowest BCUT2D eigenvalue weighted by atomic mass is 10.2. The van der Waals surface area contributed by atoms with Gasteiger partial charge in [0, 0.05) is 12.1 Å². The number of nitrogens with one attached hydrogen (secondary N) is 1. The minimum Gasteiger partial charge on any atom is -0.493 e. The number of nitro benzene ring substituents is 1. The summed E-state index contributed by atoms with van der Waals surface area (Å²) >= 11 is 0. The summed E-state index contributed by atoms with van der Waals surface area (Å²) in [4.78, 5) is 21.9. The normalized spacial score (nSPS) is 10.6. The Hall–Kier alpha value is -3.62. The maximum atomic E-state index is 11.8. The van der Waals surface area contributed by atoms with Gasteiger partial charge in [-0.05, 0) is 42.3 Å². The fourth-order valence-corrected chi connectivity index (χ4v) is 2.44. The van der Waals surface area contributed by atoms with E-state index in [1.54, 1.807) is 25.3 Å². The number of nitrogens with zero attached hydrogens (tertiary/aromatic N) is 2. The molecule has 0 radical (unpaired) electrons. The van der Waals surface area contributed by atoms with Crippen LogP contribution in [0.5, 0.6) is 17.2 Å². The molecular weight excluding hydrogens is 390 g/mol. The first-order chi connectivity index (χ1) is 14.5. The number of amides is 1. The van der Waals surface area contributed by atoms with Gasteiger partial charge >= 0.3 is 0 Å². The minimum absolute atomic E-state index is 0.0517. The standard InChI is InChI=1S/C21H25N3O6/c1-3-4-5-12-29-19-11-6-16(13-20(19)28-2)14-22-23-21(25)15-30-18-9-7-17(8-10-18)24(26)27/h6-11,13-14H,3-5,12,15H2,1-2H3,(H,23,25)/b22-14+. The van der Waals surface area contributed by atoms with Crippen molar-refractivity contribution in [3.8, 4) is 17.2 Å². The summed E-state index contributed by atoms with van der Waals surface area (Å²) in [5.74, 6) is 1.13. The number of carbonyl (C=O) groups excluding carboxylic acids is 1. The van der Waals surface area contributed by atoms with Gasteiger partial charge in [-0.1, -0.05) is 19.8 Å². The number of methoxy groups -OCH3 is 1. The second-order valence-electron chi connectivity index (χ2n) is 6.30. The van der Waals surface area contributed by atoms with Crippen LogP contribution in [-0.4, -0.2) is 37.4 Å². The fraction of sp³-hybridized carbons (Fsp3) is 0.333. The highest BCUT2D eigenvalue weighted by atomic mass is 16.6. The van der Waals surface area contributed by atoms with Gasteiger partial charge in [0.2, 0.25) is 0 Å². The predicted molar refractivity (Wildman–Crippen MR) is 112 cm³/mol. The summed E-state index contributed by atoms with van der Waals surface area (Å²) in [5.41, 5.74) is 3.03. The Morgan fingerprint density at radius 3 is 2.57 bits per heavy atom. The molecule has 0 spiro atoms. The minimum atomic E-state index is -0.509. The zero-order valence-corrected chi connectivity index (χ0v) is 17.0. The highest BCUT2D eigenvalue weighted by Gasteiger charge is 2.07. The first-order valence-electron chi connectivity index (χ1n) is 9.53. The lowest BCUT2D eigenvalue weighted by Gasteiger charge is -2.11. The molecule has 0 saturated carbocycles. The average molecular weight is 415 g/mol. The van der Waals surface area contributed by atoms with E-state index in [9.17, 15) is 14.9 Å². The van der Waals surface area contributed by atoms with E-state index in [1.165, 1.54) is 30.5 Å². The van der Waals surface area contributed by atoms with Crippen molar-refractivity contribution in [3.05, 3.63) is 58.1 Å². The van der Waals surface area contributed by atoms with E-state index in [2.05, 4.69) is 17.5 Å². The summed E-state index contributed by atoms with van der Waals surface area (Å²) in [7, 11) is 1.56. The first kappa shape index (κ1) is 22.7. The van der Waals surface area contributed by atoms with Crippen molar-refractivity contribution in [2.45, 2.75) is 26.2 Å². The van der Waals surface area contributed by atoms with Crippen LogP contribution in [0.4, 0.5) is 5.69 Å². The van der Waals surface area contributed by atoms with E-state index in [0.29, 0.717) is 23.9 Å². The smallest absolute Gasteiger partial charge is 0.277 e. The van der Waals surface area contributed by atoms with E-state index in [-0.39, 0.29) is 12.3 Å². The van der Waals surface area contributed by atoms with Crippen LogP contribution in [0.1, 0.15) is 31.7 Å². The van der Waals surface area contributed by atoms with Crippen molar-refractivity contribution < 1.29 is 23.9 Å². The molecule has 0 atom stereocenters. The van der Waals surface area contributed by atoms with Gasteiger partial charge in [0.1, 0.15) is 5.75 Å². The highest BCUT2D eigenvalue weighted by molar-refractivity contribution is 5.83. The summed E-state index contributed by atoms with van der Waals surface area (Å²) in [6.45, 7) is 2.49. The van der Waals surface area contributed by atoms with Gasteiger partial charge in [0.15, 0.2) is 18.1 Å². The van der Waals surface area contributed by atoms with E-state index in [1.807, 2.05) is 0 Å². The molecule has 30 heavy (non-hydrogen) atoms. The Morgan fingerprint density at radius 2 is 1.90 bits per heavy atom. The lowest BCUT2D eigenvalue weighted by molar-refractivity contribution is -0.384. The molecule has 1 N–H and O–H groups in total. The Labute approximate surface area is 174 Å². The number of hydrogen-bond donors (Lipinski definition) is 1. The molecule has 0 aromatic heterocycles. The molecule has 2 aromatic rings. The van der Waals surface area contributed by atoms with Crippen LogP contribution in [0.25, 0.3) is 0 Å². The van der Waals surface area contributed by atoms with Crippen LogP contribution >= 0.6 is 0 Å². The molecule has 0 heterocycles. The number of non-ortho nitro benzene ring substituents is 1. The maximum absolute atomic E-state index is 11.8. The van der Waals surface area contributed by atoms with Crippen LogP contribution in [0.15, 0.2) is 47.6 Å². The Kier molecular flexibility index (Phi) is 9.11. The van der Waals surface area contributed by atoms with Gasteiger partial charge in [-0.2, -0.15) is 5.10 Å². The van der Waals surface area contributed by atoms with Crippen LogP contribution in [-0.2, 0) is 4.79 Å². The van der Waals surface area contributed by atoms with Gasteiger partial charge in [0.25, 0.3) is 11.6 Å². The molecule has 9 nitrogen and oxygen atoms in total. The van der Waals surface area contributed by atoms with Gasteiger partial charge < -0.3 is 14.2 Å². The van der Waals surface area contributed by atoms with Gasteiger partial charge in [-0.25, -0.2) is 5.43 Å². The number of rotatable bonds is 12. The Balaban J connectivity index is 1.82. The summed E-state index contributed by atoms with van der Waals surface area (Å²) in [6.07, 6.45) is 4.70. The summed E-state index contributed by atoms with van der Waals surface area (Å²) in [5, 5.41) is 14.5. The second kappa shape index (κ2) is 12.1. The lowest BCUT2D eigenvalue weighted by Crippen LogP contribution is -2.24. The van der Waals surface area contributed by atoms with Gasteiger partial charge in [0.05, 0.1) is 24.9 Å². The SMILES string of the molecule is CCCCCOc1ccc(/C=N/NC(=O)COc2ccc([N+](=O)[O-])cc2)cc1OC. The van der Waals surface area contributed by atoms with E-state index < -0.39 is 10.8 Å². The molecule has 160 valence electrons. The summed E-state index contributed by atoms with van der Waals surface area (Å²) in [6, 6.07) is 10.8. The Morgan fingerprint density at radius 1 is 1.13 bits per heavy atom. The molecule has 0 aliphatic heterocycles. The zero-order valence-electron chi connectivity index (χ0n) is 17.0.